The molecule has 0 radical (unpaired) electrons. The van der Waals surface area contributed by atoms with Crippen molar-refractivity contribution in [1.29, 1.82) is 0 Å². The van der Waals surface area contributed by atoms with Crippen molar-refractivity contribution in [2.45, 2.75) is 61.4 Å². The Balaban J connectivity index is 0.907. The van der Waals surface area contributed by atoms with Crippen molar-refractivity contribution in [3.05, 3.63) is 212 Å². The van der Waals surface area contributed by atoms with Gasteiger partial charge in [0, 0.05) is 62.4 Å². The minimum Gasteiger partial charge on any atom is -0.508 e. The van der Waals surface area contributed by atoms with Gasteiger partial charge in [-0.1, -0.05) is 83.9 Å². The summed E-state index contributed by atoms with van der Waals surface area (Å²) in [5.74, 6) is -13.2. The van der Waals surface area contributed by atoms with E-state index in [-0.39, 0.29) is 97.1 Å². The van der Waals surface area contributed by atoms with Crippen molar-refractivity contribution < 1.29 is 83.5 Å². The van der Waals surface area contributed by atoms with Crippen molar-refractivity contribution in [3.63, 3.8) is 0 Å². The van der Waals surface area contributed by atoms with Crippen LogP contribution in [0.3, 0.4) is 0 Å². The van der Waals surface area contributed by atoms with Crippen LogP contribution in [0.4, 0.5) is 0 Å². The molecule has 0 aliphatic carbocycles. The van der Waals surface area contributed by atoms with Gasteiger partial charge >= 0.3 is 0 Å². The van der Waals surface area contributed by atoms with E-state index in [9.17, 15) is 40.5 Å². The van der Waals surface area contributed by atoms with E-state index in [2.05, 4.69) is 42.9 Å². The molecule has 15 N–H and O–H groups in total. The number of aliphatic hydroxyl groups is 1. The lowest BCUT2D eigenvalue weighted by Crippen LogP contribution is -2.57. The van der Waals surface area contributed by atoms with Gasteiger partial charge in [0.25, 0.3) is 0 Å². The number of amides is 7. The average Bonchev–Trinajstić information content (AvgIpc) is 0.762. The molecular formula is C73H61Cl2N9O17. The summed E-state index contributed by atoms with van der Waals surface area (Å²) in [6, 6.07) is 23.7. The van der Waals surface area contributed by atoms with Gasteiger partial charge in [0.15, 0.2) is 23.0 Å². The summed E-state index contributed by atoms with van der Waals surface area (Å²) in [7, 11) is 0. The standard InChI is InChI=1S/C73H61Cl2N9O17/c74-47-20-33-6-13-53(47)100-56-27-41-28-57(66(56)91)101-54-14-10-39(25-48(54)75)65(90)64-72(97)81-63(73(98)84-17-15-83(16-18-84)32-34-5-7-35-3-1-2-4-36(35)19-34)46-30-43(86)31-52(89)58(46)45-24-38(9-11-50(45)87)60(69(94)82-64)79-71(96)62(41)80-70(95)61-40-22-42(85)29-44(23-40)99-55-26-37(8-12-51(55)88)59(76)68(93)77-49(21-33)67(92)78-61/h1-14,19-20,22-31,49,59-65,85-91H,15-18,21,32,76H2,(H,77,93)(H,78,92)(H,79,96)(H,80,95)(H,81,97)(H,82,94)/t49-,59+,60-,61+,62-,63+,64+,65-/m1/s1. The van der Waals surface area contributed by atoms with Gasteiger partial charge in [-0.25, -0.2) is 0 Å². The van der Waals surface area contributed by atoms with E-state index in [0.29, 0.717) is 25.2 Å². The lowest BCUT2D eigenvalue weighted by molar-refractivity contribution is -0.140. The number of hydrogen-bond acceptors (Lipinski definition) is 19. The first-order valence-electron chi connectivity index (χ1n) is 31.8. The van der Waals surface area contributed by atoms with Gasteiger partial charge in [0.2, 0.25) is 47.1 Å². The van der Waals surface area contributed by atoms with E-state index in [1.54, 1.807) is 0 Å². The molecule has 7 heterocycles. The first-order chi connectivity index (χ1) is 48.5. The van der Waals surface area contributed by atoms with Crippen molar-refractivity contribution in [3.8, 4) is 80.1 Å². The molecule has 7 amide bonds. The molecule has 1 saturated heterocycles. The molecular weight excluding hydrogens is 1350 g/mol. The number of phenols is 6. The molecule has 101 heavy (non-hydrogen) atoms. The van der Waals surface area contributed by atoms with Crippen molar-refractivity contribution in [2.24, 2.45) is 5.73 Å². The maximum Gasteiger partial charge on any atom is 0.249 e. The molecule has 9 aromatic carbocycles. The number of halogens is 2. The largest absolute Gasteiger partial charge is 0.508 e. The third-order valence-corrected chi connectivity index (χ3v) is 18.9. The summed E-state index contributed by atoms with van der Waals surface area (Å²) in [5.41, 5.74) is 6.18. The van der Waals surface area contributed by atoms with Crippen LogP contribution >= 0.6 is 23.2 Å². The van der Waals surface area contributed by atoms with Crippen LogP contribution in [0, 0.1) is 0 Å². The first-order valence-corrected chi connectivity index (χ1v) is 32.5. The van der Waals surface area contributed by atoms with Crippen LogP contribution in [0.15, 0.2) is 158 Å². The average molecular weight is 1410 g/mol. The number of rotatable bonds is 3. The summed E-state index contributed by atoms with van der Waals surface area (Å²) in [6.45, 7) is 1.51. The Kier molecular flexibility index (Phi) is 17.6. The molecule has 28 heteroatoms. The fourth-order valence-electron chi connectivity index (χ4n) is 13.1. The number of nitrogens with zero attached hydrogens (tertiary/aromatic N) is 2. The highest BCUT2D eigenvalue weighted by Crippen LogP contribution is 2.48. The number of aliphatic hydroxyl groups excluding tert-OH is 1. The van der Waals surface area contributed by atoms with Crippen LogP contribution in [0.1, 0.15) is 80.8 Å². The first kappa shape index (κ1) is 66.4. The second-order valence-corrected chi connectivity index (χ2v) is 25.9. The lowest BCUT2D eigenvalue weighted by Gasteiger charge is -2.37. The van der Waals surface area contributed by atoms with Crippen LogP contribution in [0.2, 0.25) is 10.0 Å². The Labute approximate surface area is 583 Å². The van der Waals surface area contributed by atoms with Gasteiger partial charge in [0.05, 0.1) is 10.0 Å². The molecule has 0 saturated carbocycles. The highest BCUT2D eigenvalue weighted by Gasteiger charge is 2.42. The Morgan fingerprint density at radius 1 is 0.495 bits per heavy atom. The van der Waals surface area contributed by atoms with E-state index in [1.165, 1.54) is 77.7 Å². The molecule has 17 bridgehead atoms. The molecule has 514 valence electrons. The minimum atomic E-state index is -2.16. The van der Waals surface area contributed by atoms with Gasteiger partial charge in [-0.15, -0.1) is 0 Å². The smallest absolute Gasteiger partial charge is 0.249 e. The van der Waals surface area contributed by atoms with Crippen LogP contribution in [-0.2, 0) is 46.5 Å². The number of piperazine rings is 1. The van der Waals surface area contributed by atoms with Crippen LogP contribution in [-0.4, -0.2) is 125 Å². The van der Waals surface area contributed by atoms with Gasteiger partial charge in [-0.3, -0.25) is 38.5 Å². The Hall–Kier alpha value is -11.8. The zero-order valence-corrected chi connectivity index (χ0v) is 54.3. The number of carbonyl (C=O) groups excluding carboxylic acids is 7. The number of nitrogens with one attached hydrogen (secondary N) is 6. The van der Waals surface area contributed by atoms with Gasteiger partial charge in [0.1, 0.15) is 88.6 Å². The number of aromatic hydroxyl groups is 6. The van der Waals surface area contributed by atoms with Crippen LogP contribution < -0.4 is 51.8 Å². The van der Waals surface area contributed by atoms with Crippen LogP contribution in [0.25, 0.3) is 21.9 Å². The predicted octanol–water partition coefficient (Wildman–Crippen LogP) is 7.40. The fraction of sp³-hybridized carbons (Fsp3) is 0.192. The molecule has 9 aromatic rings. The molecule has 0 unspecified atom stereocenters. The molecule has 7 aliphatic rings. The minimum absolute atomic E-state index is 0.117. The number of nitrogens with two attached hydrogens (primary N) is 1. The van der Waals surface area contributed by atoms with Gasteiger partial charge in [-0.2, -0.15) is 0 Å². The fourth-order valence-corrected chi connectivity index (χ4v) is 13.6. The Morgan fingerprint density at radius 3 is 1.82 bits per heavy atom. The number of fused-ring (bicyclic) bond motifs is 15. The second kappa shape index (κ2) is 26.8. The van der Waals surface area contributed by atoms with E-state index < -0.39 is 136 Å². The Bertz CT molecular complexity index is 4950. The molecule has 16 rings (SSSR count). The van der Waals surface area contributed by atoms with E-state index >= 15 is 28.8 Å². The summed E-state index contributed by atoms with van der Waals surface area (Å²) in [6.07, 6.45) is -2.43. The van der Waals surface area contributed by atoms with E-state index in [4.69, 9.17) is 43.1 Å². The maximum atomic E-state index is 16.0. The van der Waals surface area contributed by atoms with Gasteiger partial charge < -0.3 is 92.5 Å². The SMILES string of the molecule is N[C@@H]1C(=O)N[C@@H]2Cc3ccc(c(Cl)c3)Oc3cc4cc(c3O)Oc3ccc(cc3Cl)[C@@H](O)[C@@H]3NC(=O)[C@H](NC(=O)[C@@H]4NC(=O)[C@@H](NC2=O)c2cc(O)cc(c2)Oc2cc1ccc2O)c1ccc(O)c(c1)-c1c(O)cc(O)cc1[C@@H](C(=O)N1CCN(Cc2ccc4ccccc4c2)CC1)NC3=O. The predicted molar refractivity (Wildman–Crippen MR) is 363 cm³/mol. The summed E-state index contributed by atoms with van der Waals surface area (Å²) < 4.78 is 18.7. The highest BCUT2D eigenvalue weighted by molar-refractivity contribution is 6.32. The quantitative estimate of drug-likeness (QED) is 0.0819. The van der Waals surface area contributed by atoms with E-state index in [1.807, 2.05) is 36.4 Å². The monoisotopic (exact) mass is 1410 g/mol. The zero-order chi connectivity index (χ0) is 70.8. The number of carbonyl (C=O) groups is 7. The molecule has 8 atom stereocenters. The number of phenolic OH excluding ortho intramolecular Hbond substituents is 6. The summed E-state index contributed by atoms with van der Waals surface area (Å²) in [5, 5.41) is 99.9. The zero-order valence-electron chi connectivity index (χ0n) is 52.8. The summed E-state index contributed by atoms with van der Waals surface area (Å²) >= 11 is 13.9. The molecule has 0 spiro atoms. The van der Waals surface area contributed by atoms with Gasteiger partial charge in [-0.05, 0) is 140 Å². The summed E-state index contributed by atoms with van der Waals surface area (Å²) in [4.78, 5) is 111. The van der Waals surface area contributed by atoms with Crippen molar-refractivity contribution in [1.82, 2.24) is 41.7 Å². The normalized spacial score (nSPS) is 21.6. The molecule has 1 fully saturated rings. The lowest BCUT2D eigenvalue weighted by atomic mass is 9.89. The highest BCUT2D eigenvalue weighted by atomic mass is 35.5. The third kappa shape index (κ3) is 13.3. The number of hydrogen-bond donors (Lipinski definition) is 14. The Morgan fingerprint density at radius 2 is 1.11 bits per heavy atom. The van der Waals surface area contributed by atoms with E-state index in [0.717, 1.165) is 58.8 Å². The molecule has 7 aliphatic heterocycles. The van der Waals surface area contributed by atoms with Crippen LogP contribution in [0.5, 0.6) is 69.0 Å². The van der Waals surface area contributed by atoms with Crippen molar-refractivity contribution >= 4 is 75.3 Å². The topological polar surface area (TPSA) is 393 Å². The number of ether oxygens (including phenoxy) is 3. The number of benzene rings is 9. The molecule has 0 aromatic heterocycles. The molecule has 26 nitrogen and oxygen atoms in total. The van der Waals surface area contributed by atoms with Crippen molar-refractivity contribution in [2.75, 3.05) is 26.2 Å². The second-order valence-electron chi connectivity index (χ2n) is 25.0. The maximum absolute atomic E-state index is 16.0. The third-order valence-electron chi connectivity index (χ3n) is 18.3.